The van der Waals surface area contributed by atoms with Crippen LogP contribution in [0.2, 0.25) is 0 Å². The molecule has 3 nitrogen and oxygen atoms in total. The maximum Gasteiger partial charge on any atom is 0.0957 e. The highest BCUT2D eigenvalue weighted by atomic mass is 15.2. The van der Waals surface area contributed by atoms with Crippen LogP contribution in [0.25, 0.3) is 5.70 Å². The molecule has 1 fully saturated rings. The Labute approximate surface area is 128 Å². The monoisotopic (exact) mass is 283 g/mol. The zero-order chi connectivity index (χ0) is 14.9. The number of piperidine rings is 1. The summed E-state index contributed by atoms with van der Waals surface area (Å²) in [6, 6.07) is 8.27. The lowest BCUT2D eigenvalue weighted by Gasteiger charge is -2.43. The summed E-state index contributed by atoms with van der Waals surface area (Å²) in [5, 5.41) is 0. The van der Waals surface area contributed by atoms with E-state index in [0.717, 1.165) is 17.9 Å². The number of hydrogen-bond donors (Lipinski definition) is 0. The minimum atomic E-state index is 0.397. The predicted octanol–water partition coefficient (Wildman–Crippen LogP) is 3.75. The lowest BCUT2D eigenvalue weighted by Crippen LogP contribution is -2.44. The van der Waals surface area contributed by atoms with E-state index in [1.165, 1.54) is 37.9 Å². The van der Waals surface area contributed by atoms with Gasteiger partial charge in [0.1, 0.15) is 0 Å². The molecule has 0 unspecified atom stereocenters. The van der Waals surface area contributed by atoms with Gasteiger partial charge in [-0.1, -0.05) is 31.7 Å². The van der Waals surface area contributed by atoms with Crippen LogP contribution in [0.1, 0.15) is 31.7 Å². The van der Waals surface area contributed by atoms with Gasteiger partial charge in [-0.25, -0.2) is 4.99 Å². The number of rotatable bonds is 3. The van der Waals surface area contributed by atoms with Crippen molar-refractivity contribution in [1.82, 2.24) is 9.80 Å². The topological polar surface area (TPSA) is 18.8 Å². The number of hydrogen-bond acceptors (Lipinski definition) is 3. The smallest absolute Gasteiger partial charge is 0.0957 e. The van der Waals surface area contributed by atoms with Gasteiger partial charge in [0.25, 0.3) is 0 Å². The third-order valence-corrected chi connectivity index (χ3v) is 5.20. The van der Waals surface area contributed by atoms with Crippen LogP contribution in [-0.2, 0) is 0 Å². The fourth-order valence-electron chi connectivity index (χ4n) is 3.40. The summed E-state index contributed by atoms with van der Waals surface area (Å²) in [4.78, 5) is 9.29. The lowest BCUT2D eigenvalue weighted by atomic mass is 9.75. The molecule has 21 heavy (non-hydrogen) atoms. The molecule has 0 radical (unpaired) electrons. The first-order valence-corrected chi connectivity index (χ1v) is 7.91. The molecule has 112 valence electrons. The molecule has 2 aliphatic heterocycles. The van der Waals surface area contributed by atoms with Crippen molar-refractivity contribution in [1.29, 1.82) is 0 Å². The van der Waals surface area contributed by atoms with Crippen LogP contribution >= 0.6 is 0 Å². The standard InChI is InChI=1S/C18H25N3/c1-4-18(9-11-20(3)12-10-18)13-21-14-19-17-8-6-5-7-16(17)15(21)2/h5-8,14H,2,4,9-13H2,1,3H3. The number of aliphatic imine (C=N–C) groups is 1. The normalized spacial score (nSPS) is 21.4. The van der Waals surface area contributed by atoms with Gasteiger partial charge in [0.15, 0.2) is 0 Å². The second-order valence-electron chi connectivity index (χ2n) is 6.49. The molecule has 3 heteroatoms. The van der Waals surface area contributed by atoms with Gasteiger partial charge in [-0.05, 0) is 50.9 Å². The van der Waals surface area contributed by atoms with E-state index in [2.05, 4.69) is 53.5 Å². The van der Waals surface area contributed by atoms with E-state index >= 15 is 0 Å². The quantitative estimate of drug-likeness (QED) is 0.841. The maximum absolute atomic E-state index is 4.60. The van der Waals surface area contributed by atoms with Crippen molar-refractivity contribution < 1.29 is 0 Å². The molecule has 0 aromatic heterocycles. The van der Waals surface area contributed by atoms with Crippen LogP contribution in [0, 0.1) is 5.41 Å². The Morgan fingerprint density at radius 1 is 1.24 bits per heavy atom. The van der Waals surface area contributed by atoms with Crippen molar-refractivity contribution in [3.8, 4) is 0 Å². The fraction of sp³-hybridized carbons (Fsp3) is 0.500. The first-order valence-electron chi connectivity index (χ1n) is 7.91. The zero-order valence-corrected chi connectivity index (χ0v) is 13.2. The van der Waals surface area contributed by atoms with Crippen LogP contribution in [0.15, 0.2) is 35.8 Å². The molecular formula is C18H25N3. The summed E-state index contributed by atoms with van der Waals surface area (Å²) in [6.45, 7) is 10.1. The summed E-state index contributed by atoms with van der Waals surface area (Å²) in [6.07, 6.45) is 5.72. The molecule has 3 rings (SSSR count). The van der Waals surface area contributed by atoms with Gasteiger partial charge in [0, 0.05) is 17.8 Å². The van der Waals surface area contributed by atoms with Crippen LogP contribution in [0.4, 0.5) is 5.69 Å². The predicted molar refractivity (Wildman–Crippen MR) is 89.8 cm³/mol. The van der Waals surface area contributed by atoms with Gasteiger partial charge in [-0.15, -0.1) is 0 Å². The van der Waals surface area contributed by atoms with E-state index in [4.69, 9.17) is 0 Å². The van der Waals surface area contributed by atoms with E-state index in [1.807, 2.05) is 12.4 Å². The highest BCUT2D eigenvalue weighted by molar-refractivity contribution is 5.86. The first-order chi connectivity index (χ1) is 10.1. The average Bonchev–Trinajstić information content (AvgIpc) is 2.53. The van der Waals surface area contributed by atoms with Gasteiger partial charge in [-0.2, -0.15) is 0 Å². The molecule has 1 aromatic rings. The van der Waals surface area contributed by atoms with E-state index in [1.54, 1.807) is 0 Å². The van der Waals surface area contributed by atoms with Gasteiger partial charge in [0.05, 0.1) is 12.0 Å². The molecule has 0 atom stereocenters. The summed E-state index contributed by atoms with van der Waals surface area (Å²) in [5.41, 5.74) is 3.69. The third-order valence-electron chi connectivity index (χ3n) is 5.20. The molecule has 0 aliphatic carbocycles. The molecule has 0 spiro atoms. The lowest BCUT2D eigenvalue weighted by molar-refractivity contribution is 0.103. The number of para-hydroxylation sites is 1. The van der Waals surface area contributed by atoms with Crippen LogP contribution < -0.4 is 0 Å². The van der Waals surface area contributed by atoms with E-state index in [0.29, 0.717) is 5.41 Å². The highest BCUT2D eigenvalue weighted by Crippen LogP contribution is 2.39. The molecule has 2 aliphatic rings. The molecule has 0 saturated carbocycles. The Balaban J connectivity index is 1.78. The molecule has 1 aromatic carbocycles. The summed E-state index contributed by atoms with van der Waals surface area (Å²) in [7, 11) is 2.22. The molecule has 0 N–H and O–H groups in total. The maximum atomic E-state index is 4.60. The van der Waals surface area contributed by atoms with Crippen LogP contribution in [-0.4, -0.2) is 42.8 Å². The summed E-state index contributed by atoms with van der Waals surface area (Å²) in [5.74, 6) is 0. The van der Waals surface area contributed by atoms with E-state index < -0.39 is 0 Å². The van der Waals surface area contributed by atoms with Crippen molar-refractivity contribution in [2.75, 3.05) is 26.7 Å². The third kappa shape index (κ3) is 2.75. The van der Waals surface area contributed by atoms with Gasteiger partial charge >= 0.3 is 0 Å². The van der Waals surface area contributed by atoms with E-state index in [-0.39, 0.29) is 0 Å². The second kappa shape index (κ2) is 5.64. The molecule has 0 amide bonds. The van der Waals surface area contributed by atoms with Gasteiger partial charge in [-0.3, -0.25) is 0 Å². The largest absolute Gasteiger partial charge is 0.332 e. The number of benzene rings is 1. The Morgan fingerprint density at radius 2 is 1.95 bits per heavy atom. The van der Waals surface area contributed by atoms with Crippen LogP contribution in [0.5, 0.6) is 0 Å². The highest BCUT2D eigenvalue weighted by Gasteiger charge is 2.34. The molecule has 1 saturated heterocycles. The van der Waals surface area contributed by atoms with Crippen LogP contribution in [0.3, 0.4) is 0 Å². The Hall–Kier alpha value is -1.61. The van der Waals surface area contributed by atoms with Crippen molar-refractivity contribution in [3.05, 3.63) is 36.4 Å². The Morgan fingerprint density at radius 3 is 2.67 bits per heavy atom. The minimum absolute atomic E-state index is 0.397. The zero-order valence-electron chi connectivity index (χ0n) is 13.2. The molecule has 2 heterocycles. The fourth-order valence-corrected chi connectivity index (χ4v) is 3.40. The van der Waals surface area contributed by atoms with Crippen molar-refractivity contribution >= 4 is 17.7 Å². The number of fused-ring (bicyclic) bond motifs is 1. The summed E-state index contributed by atoms with van der Waals surface area (Å²) >= 11 is 0. The average molecular weight is 283 g/mol. The molecule has 0 bridgehead atoms. The Bertz CT molecular complexity index is 553. The van der Waals surface area contributed by atoms with Gasteiger partial charge < -0.3 is 9.80 Å². The van der Waals surface area contributed by atoms with E-state index in [9.17, 15) is 0 Å². The SMILES string of the molecule is C=C1c2ccccc2N=CN1CC1(CC)CCN(C)CC1. The minimum Gasteiger partial charge on any atom is -0.332 e. The van der Waals surface area contributed by atoms with Gasteiger partial charge in [0.2, 0.25) is 0 Å². The second-order valence-corrected chi connectivity index (χ2v) is 6.49. The summed E-state index contributed by atoms with van der Waals surface area (Å²) < 4.78 is 0. The van der Waals surface area contributed by atoms with Crippen molar-refractivity contribution in [2.24, 2.45) is 10.4 Å². The van der Waals surface area contributed by atoms with Crippen molar-refractivity contribution in [2.45, 2.75) is 26.2 Å². The Kier molecular flexibility index (Phi) is 3.85. The van der Waals surface area contributed by atoms with Crippen molar-refractivity contribution in [3.63, 3.8) is 0 Å². The first kappa shape index (κ1) is 14.3. The number of likely N-dealkylation sites (tertiary alicyclic amines) is 1. The number of nitrogens with zero attached hydrogens (tertiary/aromatic N) is 3. The molecular weight excluding hydrogens is 258 g/mol.